The van der Waals surface area contributed by atoms with Gasteiger partial charge in [0, 0.05) is 13.6 Å². The van der Waals surface area contributed by atoms with Gasteiger partial charge in [0.25, 0.3) is 0 Å². The van der Waals surface area contributed by atoms with E-state index >= 15 is 0 Å². The highest BCUT2D eigenvalue weighted by Gasteiger charge is 2.13. The highest BCUT2D eigenvalue weighted by atomic mass is 15.3. The second-order valence-electron chi connectivity index (χ2n) is 3.47. The summed E-state index contributed by atoms with van der Waals surface area (Å²) in [7, 11) is 1.86. The van der Waals surface area contributed by atoms with Crippen molar-refractivity contribution in [3.05, 3.63) is 11.5 Å². The van der Waals surface area contributed by atoms with E-state index in [-0.39, 0.29) is 0 Å². The summed E-state index contributed by atoms with van der Waals surface area (Å²) < 4.78 is 1.93. The third-order valence-corrected chi connectivity index (χ3v) is 2.40. The Bertz CT molecular complexity index is 500. The van der Waals surface area contributed by atoms with Crippen molar-refractivity contribution in [2.75, 3.05) is 12.4 Å². The molecule has 1 N–H and O–H groups in total. The van der Waals surface area contributed by atoms with Crippen LogP contribution in [0.25, 0.3) is 11.0 Å². The van der Waals surface area contributed by atoms with Crippen LogP contribution >= 0.6 is 0 Å². The minimum absolute atomic E-state index is 0.769. The second-order valence-corrected chi connectivity index (χ2v) is 3.47. The standard InChI is InChI=1S/C10H15N5/c1-5-15-9-8(6(2)14-15)12-7(3)13-10(9)11-4/h5H2,1-4H3,(H,11,12,13). The SMILES string of the molecule is CCn1nc(C)c2nc(C)nc(NC)c21. The van der Waals surface area contributed by atoms with Gasteiger partial charge in [-0.3, -0.25) is 4.68 Å². The van der Waals surface area contributed by atoms with Crippen molar-refractivity contribution >= 4 is 16.9 Å². The van der Waals surface area contributed by atoms with Crippen molar-refractivity contribution in [3.63, 3.8) is 0 Å². The summed E-state index contributed by atoms with van der Waals surface area (Å²) in [6.07, 6.45) is 0. The molecule has 0 amide bonds. The lowest BCUT2D eigenvalue weighted by atomic mass is 10.3. The molecule has 0 radical (unpaired) electrons. The number of rotatable bonds is 2. The van der Waals surface area contributed by atoms with E-state index in [4.69, 9.17) is 0 Å². The molecule has 0 atom stereocenters. The maximum absolute atomic E-state index is 4.43. The van der Waals surface area contributed by atoms with Crippen LogP contribution in [0.4, 0.5) is 5.82 Å². The smallest absolute Gasteiger partial charge is 0.155 e. The molecule has 2 rings (SSSR count). The minimum atomic E-state index is 0.769. The van der Waals surface area contributed by atoms with Gasteiger partial charge in [0.15, 0.2) is 5.82 Å². The van der Waals surface area contributed by atoms with Crippen molar-refractivity contribution in [1.82, 2.24) is 19.7 Å². The second kappa shape index (κ2) is 3.49. The number of nitrogens with zero attached hydrogens (tertiary/aromatic N) is 4. The molecule has 80 valence electrons. The van der Waals surface area contributed by atoms with Crippen LogP contribution in [0.3, 0.4) is 0 Å². The van der Waals surface area contributed by atoms with Gasteiger partial charge < -0.3 is 5.32 Å². The summed E-state index contributed by atoms with van der Waals surface area (Å²) in [5, 5.41) is 7.52. The van der Waals surface area contributed by atoms with E-state index in [1.165, 1.54) is 0 Å². The number of fused-ring (bicyclic) bond motifs is 1. The van der Waals surface area contributed by atoms with Gasteiger partial charge in [0.05, 0.1) is 5.69 Å². The van der Waals surface area contributed by atoms with E-state index in [2.05, 4.69) is 27.3 Å². The predicted molar refractivity (Wildman–Crippen MR) is 60.0 cm³/mol. The number of aromatic nitrogens is 4. The van der Waals surface area contributed by atoms with Gasteiger partial charge in [-0.2, -0.15) is 5.10 Å². The zero-order valence-electron chi connectivity index (χ0n) is 9.50. The molecule has 0 aliphatic carbocycles. The molecule has 0 aliphatic rings. The molecular formula is C10H15N5. The van der Waals surface area contributed by atoms with Crippen LogP contribution in [0.1, 0.15) is 18.4 Å². The summed E-state index contributed by atoms with van der Waals surface area (Å²) >= 11 is 0. The van der Waals surface area contributed by atoms with Crippen LogP contribution in [0, 0.1) is 13.8 Å². The van der Waals surface area contributed by atoms with Crippen LogP contribution in [0.15, 0.2) is 0 Å². The van der Waals surface area contributed by atoms with Gasteiger partial charge in [-0.1, -0.05) is 0 Å². The molecule has 0 spiro atoms. The molecule has 15 heavy (non-hydrogen) atoms. The first-order chi connectivity index (χ1) is 7.17. The largest absolute Gasteiger partial charge is 0.371 e. The molecule has 0 unspecified atom stereocenters. The first-order valence-electron chi connectivity index (χ1n) is 5.06. The van der Waals surface area contributed by atoms with Gasteiger partial charge in [-0.15, -0.1) is 0 Å². The Kier molecular flexibility index (Phi) is 2.30. The van der Waals surface area contributed by atoms with Gasteiger partial charge in [0.1, 0.15) is 16.9 Å². The topological polar surface area (TPSA) is 55.6 Å². The summed E-state index contributed by atoms with van der Waals surface area (Å²) in [6, 6.07) is 0. The first kappa shape index (κ1) is 9.89. The molecule has 0 saturated carbocycles. The fraction of sp³-hybridized carbons (Fsp3) is 0.500. The number of aryl methyl sites for hydroxylation is 3. The quantitative estimate of drug-likeness (QED) is 0.807. The number of nitrogens with one attached hydrogen (secondary N) is 1. The molecule has 2 heterocycles. The zero-order valence-corrected chi connectivity index (χ0v) is 9.50. The summed E-state index contributed by atoms with van der Waals surface area (Å²) in [5.74, 6) is 1.62. The first-order valence-corrected chi connectivity index (χ1v) is 5.06. The molecule has 0 aliphatic heterocycles. The Balaban J connectivity index is 2.86. The molecule has 5 heteroatoms. The lowest BCUT2D eigenvalue weighted by molar-refractivity contribution is 0.676. The maximum atomic E-state index is 4.43. The fourth-order valence-corrected chi connectivity index (χ4v) is 1.74. The molecule has 2 aromatic rings. The molecule has 0 saturated heterocycles. The number of hydrogen-bond donors (Lipinski definition) is 1. The van der Waals surface area contributed by atoms with Crippen molar-refractivity contribution in [3.8, 4) is 0 Å². The maximum Gasteiger partial charge on any atom is 0.155 e. The third-order valence-electron chi connectivity index (χ3n) is 2.40. The highest BCUT2D eigenvalue weighted by Crippen LogP contribution is 2.22. The van der Waals surface area contributed by atoms with Gasteiger partial charge in [-0.25, -0.2) is 9.97 Å². The summed E-state index contributed by atoms with van der Waals surface area (Å²) in [4.78, 5) is 8.78. The van der Waals surface area contributed by atoms with Crippen LogP contribution in [-0.2, 0) is 6.54 Å². The number of hydrogen-bond acceptors (Lipinski definition) is 4. The summed E-state index contributed by atoms with van der Waals surface area (Å²) in [5.41, 5.74) is 2.88. The van der Waals surface area contributed by atoms with E-state index in [0.29, 0.717) is 0 Å². The lowest BCUT2D eigenvalue weighted by Gasteiger charge is -2.05. The Morgan fingerprint density at radius 1 is 1.27 bits per heavy atom. The summed E-state index contributed by atoms with van der Waals surface area (Å²) in [6.45, 7) is 6.75. The lowest BCUT2D eigenvalue weighted by Crippen LogP contribution is -2.03. The predicted octanol–water partition coefficient (Wildman–Crippen LogP) is 1.50. The Hall–Kier alpha value is -1.65. The normalized spacial score (nSPS) is 10.9. The van der Waals surface area contributed by atoms with Crippen LogP contribution in [0.2, 0.25) is 0 Å². The highest BCUT2D eigenvalue weighted by molar-refractivity contribution is 5.87. The van der Waals surface area contributed by atoms with E-state index < -0.39 is 0 Å². The Labute approximate surface area is 88.5 Å². The zero-order chi connectivity index (χ0) is 11.0. The van der Waals surface area contributed by atoms with Crippen molar-refractivity contribution < 1.29 is 0 Å². The van der Waals surface area contributed by atoms with Crippen LogP contribution < -0.4 is 5.32 Å². The van der Waals surface area contributed by atoms with Crippen molar-refractivity contribution in [1.29, 1.82) is 0 Å². The fourth-order valence-electron chi connectivity index (χ4n) is 1.74. The molecule has 0 aromatic carbocycles. The van der Waals surface area contributed by atoms with E-state index in [9.17, 15) is 0 Å². The van der Waals surface area contributed by atoms with Gasteiger partial charge in [-0.05, 0) is 20.8 Å². The van der Waals surface area contributed by atoms with Crippen molar-refractivity contribution in [2.45, 2.75) is 27.3 Å². The van der Waals surface area contributed by atoms with E-state index in [1.54, 1.807) is 0 Å². The van der Waals surface area contributed by atoms with Gasteiger partial charge >= 0.3 is 0 Å². The molecule has 5 nitrogen and oxygen atoms in total. The van der Waals surface area contributed by atoms with E-state index in [1.807, 2.05) is 25.6 Å². The Morgan fingerprint density at radius 2 is 2.00 bits per heavy atom. The van der Waals surface area contributed by atoms with E-state index in [0.717, 1.165) is 34.9 Å². The van der Waals surface area contributed by atoms with Crippen LogP contribution in [0.5, 0.6) is 0 Å². The Morgan fingerprint density at radius 3 is 2.60 bits per heavy atom. The average Bonchev–Trinajstić information content (AvgIpc) is 2.55. The molecule has 2 aromatic heterocycles. The minimum Gasteiger partial charge on any atom is -0.371 e. The average molecular weight is 205 g/mol. The van der Waals surface area contributed by atoms with Crippen molar-refractivity contribution in [2.24, 2.45) is 0 Å². The molecular weight excluding hydrogens is 190 g/mol. The monoisotopic (exact) mass is 205 g/mol. The molecule has 0 fully saturated rings. The third kappa shape index (κ3) is 1.44. The van der Waals surface area contributed by atoms with Crippen LogP contribution in [-0.4, -0.2) is 26.8 Å². The van der Waals surface area contributed by atoms with Gasteiger partial charge in [0.2, 0.25) is 0 Å². The molecule has 0 bridgehead atoms. The number of anilines is 1.